The van der Waals surface area contributed by atoms with E-state index in [0.717, 1.165) is 5.56 Å². The van der Waals surface area contributed by atoms with Crippen molar-refractivity contribution < 1.29 is 18.0 Å². The molecule has 2 unspecified atom stereocenters. The molecule has 7 heteroatoms. The number of amides is 2. The monoisotopic (exact) mass is 380 g/mol. The zero-order valence-electron chi connectivity index (χ0n) is 15.6. The van der Waals surface area contributed by atoms with E-state index in [1.54, 1.807) is 12.1 Å². The molecule has 1 aromatic carbocycles. The fourth-order valence-electron chi connectivity index (χ4n) is 3.17. The van der Waals surface area contributed by atoms with Gasteiger partial charge in [-0.05, 0) is 43.2 Å². The number of hydrogen-bond acceptors (Lipinski definition) is 4. The van der Waals surface area contributed by atoms with Crippen molar-refractivity contribution in [1.29, 1.82) is 0 Å². The van der Waals surface area contributed by atoms with E-state index in [1.807, 2.05) is 32.9 Å². The van der Waals surface area contributed by atoms with Crippen LogP contribution in [0.1, 0.15) is 42.6 Å². The third-order valence-corrected chi connectivity index (χ3v) is 6.45. The Hall–Kier alpha value is -1.89. The maximum absolute atomic E-state index is 12.6. The van der Waals surface area contributed by atoms with Crippen molar-refractivity contribution in [2.24, 2.45) is 11.8 Å². The van der Waals surface area contributed by atoms with E-state index in [9.17, 15) is 18.0 Å². The minimum Gasteiger partial charge on any atom is -0.354 e. The molecule has 0 spiro atoms. The summed E-state index contributed by atoms with van der Waals surface area (Å²) in [5.41, 5.74) is 1.40. The number of sulfone groups is 1. The lowest BCUT2D eigenvalue weighted by atomic mass is 10.0. The third-order valence-electron chi connectivity index (χ3n) is 4.61. The average molecular weight is 381 g/mol. The molecule has 2 N–H and O–H groups in total. The van der Waals surface area contributed by atoms with Gasteiger partial charge in [-0.3, -0.25) is 9.59 Å². The maximum atomic E-state index is 12.6. The molecule has 0 saturated carbocycles. The predicted octanol–water partition coefficient (Wildman–Crippen LogP) is 1.69. The number of aryl methyl sites for hydroxylation is 1. The molecule has 2 rings (SSSR count). The van der Waals surface area contributed by atoms with Crippen LogP contribution >= 0.6 is 0 Å². The Morgan fingerprint density at radius 3 is 2.50 bits per heavy atom. The van der Waals surface area contributed by atoms with Gasteiger partial charge in [0.25, 0.3) is 5.91 Å². The van der Waals surface area contributed by atoms with Crippen molar-refractivity contribution in [3.05, 3.63) is 35.4 Å². The average Bonchev–Trinajstić information content (AvgIpc) is 2.91. The van der Waals surface area contributed by atoms with E-state index in [4.69, 9.17) is 0 Å². The normalized spacial score (nSPS) is 19.9. The molecule has 2 amide bonds. The Labute approximate surface area is 155 Å². The molecular weight excluding hydrogens is 352 g/mol. The molecule has 0 radical (unpaired) electrons. The zero-order chi connectivity index (χ0) is 19.3. The number of rotatable bonds is 7. The second-order valence-electron chi connectivity index (χ2n) is 7.48. The smallest absolute Gasteiger partial charge is 0.252 e. The highest BCUT2D eigenvalue weighted by Crippen LogP contribution is 2.17. The lowest BCUT2D eigenvalue weighted by Gasteiger charge is -2.21. The summed E-state index contributed by atoms with van der Waals surface area (Å²) >= 11 is 0. The van der Waals surface area contributed by atoms with Gasteiger partial charge in [-0.25, -0.2) is 8.42 Å². The van der Waals surface area contributed by atoms with Crippen LogP contribution < -0.4 is 10.6 Å². The van der Waals surface area contributed by atoms with Gasteiger partial charge in [-0.1, -0.05) is 32.0 Å². The second-order valence-corrected chi connectivity index (χ2v) is 9.71. The Balaban J connectivity index is 1.98. The predicted molar refractivity (Wildman–Crippen MR) is 102 cm³/mol. The standard InChI is InChI=1S/C19H28N2O4S/c1-13(2)10-17(21-18(22)16-7-5-4-6-14(16)3)19(23)20-11-15-8-9-26(24,25)12-15/h4-7,13,15,17H,8-12H2,1-3H3,(H,20,23)(H,21,22). The first-order valence-electron chi connectivity index (χ1n) is 9.02. The molecule has 26 heavy (non-hydrogen) atoms. The number of hydrogen-bond donors (Lipinski definition) is 2. The first kappa shape index (κ1) is 20.4. The van der Waals surface area contributed by atoms with E-state index in [-0.39, 0.29) is 35.2 Å². The molecule has 1 heterocycles. The van der Waals surface area contributed by atoms with Crippen molar-refractivity contribution in [3.8, 4) is 0 Å². The number of carbonyl (C=O) groups is 2. The van der Waals surface area contributed by atoms with Crippen molar-refractivity contribution in [2.75, 3.05) is 18.1 Å². The second kappa shape index (κ2) is 8.66. The lowest BCUT2D eigenvalue weighted by molar-refractivity contribution is -0.123. The molecule has 0 aromatic heterocycles. The Morgan fingerprint density at radius 1 is 1.23 bits per heavy atom. The summed E-state index contributed by atoms with van der Waals surface area (Å²) < 4.78 is 23.1. The van der Waals surface area contributed by atoms with Crippen molar-refractivity contribution in [2.45, 2.75) is 39.7 Å². The fourth-order valence-corrected chi connectivity index (χ4v) is 5.03. The molecule has 1 saturated heterocycles. The highest BCUT2D eigenvalue weighted by molar-refractivity contribution is 7.91. The molecular formula is C19H28N2O4S. The minimum absolute atomic E-state index is 0.0456. The van der Waals surface area contributed by atoms with E-state index in [1.165, 1.54) is 0 Å². The summed E-state index contributed by atoms with van der Waals surface area (Å²) in [5.74, 6) is -0.0345. The zero-order valence-corrected chi connectivity index (χ0v) is 16.4. The number of nitrogens with one attached hydrogen (secondary N) is 2. The molecule has 1 fully saturated rings. The summed E-state index contributed by atoms with van der Waals surface area (Å²) in [4.78, 5) is 25.1. The quantitative estimate of drug-likeness (QED) is 0.753. The summed E-state index contributed by atoms with van der Waals surface area (Å²) in [6.45, 7) is 6.16. The van der Waals surface area contributed by atoms with Crippen LogP contribution in [0.3, 0.4) is 0 Å². The number of benzene rings is 1. The fraction of sp³-hybridized carbons (Fsp3) is 0.579. The van der Waals surface area contributed by atoms with E-state index >= 15 is 0 Å². The molecule has 1 aromatic rings. The Bertz CT molecular complexity index is 759. The van der Waals surface area contributed by atoms with Gasteiger partial charge in [0.2, 0.25) is 5.91 Å². The van der Waals surface area contributed by atoms with Gasteiger partial charge in [-0.15, -0.1) is 0 Å². The Morgan fingerprint density at radius 2 is 1.92 bits per heavy atom. The molecule has 0 aliphatic carbocycles. The van der Waals surface area contributed by atoms with Crippen LogP contribution in [0.25, 0.3) is 0 Å². The summed E-state index contributed by atoms with van der Waals surface area (Å²) in [6.07, 6.45) is 1.10. The van der Waals surface area contributed by atoms with E-state index in [0.29, 0.717) is 24.9 Å². The number of carbonyl (C=O) groups excluding carboxylic acids is 2. The van der Waals surface area contributed by atoms with Gasteiger partial charge in [0, 0.05) is 12.1 Å². The van der Waals surface area contributed by atoms with Gasteiger partial charge in [-0.2, -0.15) is 0 Å². The highest BCUT2D eigenvalue weighted by atomic mass is 32.2. The van der Waals surface area contributed by atoms with Gasteiger partial charge in [0.05, 0.1) is 11.5 Å². The highest BCUT2D eigenvalue weighted by Gasteiger charge is 2.29. The molecule has 144 valence electrons. The molecule has 2 atom stereocenters. The van der Waals surface area contributed by atoms with Crippen LogP contribution in [0.2, 0.25) is 0 Å². The van der Waals surface area contributed by atoms with Crippen molar-refractivity contribution >= 4 is 21.7 Å². The van der Waals surface area contributed by atoms with E-state index < -0.39 is 15.9 Å². The first-order chi connectivity index (χ1) is 12.2. The molecule has 0 bridgehead atoms. The van der Waals surface area contributed by atoms with Crippen molar-refractivity contribution in [1.82, 2.24) is 10.6 Å². The topological polar surface area (TPSA) is 92.3 Å². The maximum Gasteiger partial charge on any atom is 0.252 e. The van der Waals surface area contributed by atoms with Crippen LogP contribution in [0.5, 0.6) is 0 Å². The minimum atomic E-state index is -2.96. The van der Waals surface area contributed by atoms with Crippen LogP contribution in [0, 0.1) is 18.8 Å². The van der Waals surface area contributed by atoms with Gasteiger partial charge < -0.3 is 10.6 Å². The van der Waals surface area contributed by atoms with Crippen LogP contribution in [0.4, 0.5) is 0 Å². The van der Waals surface area contributed by atoms with Gasteiger partial charge >= 0.3 is 0 Å². The van der Waals surface area contributed by atoms with E-state index in [2.05, 4.69) is 10.6 Å². The van der Waals surface area contributed by atoms with Crippen LogP contribution in [-0.2, 0) is 14.6 Å². The van der Waals surface area contributed by atoms with Crippen molar-refractivity contribution in [3.63, 3.8) is 0 Å². The summed E-state index contributed by atoms with van der Waals surface area (Å²) in [6, 6.07) is 6.60. The van der Waals surface area contributed by atoms with Crippen LogP contribution in [-0.4, -0.2) is 44.3 Å². The lowest BCUT2D eigenvalue weighted by Crippen LogP contribution is -2.48. The summed E-state index contributed by atoms with van der Waals surface area (Å²) in [7, 11) is -2.96. The summed E-state index contributed by atoms with van der Waals surface area (Å²) in [5, 5.41) is 5.65. The first-order valence-corrected chi connectivity index (χ1v) is 10.8. The SMILES string of the molecule is Cc1ccccc1C(=O)NC(CC(C)C)C(=O)NCC1CCS(=O)(=O)C1. The van der Waals surface area contributed by atoms with Crippen LogP contribution in [0.15, 0.2) is 24.3 Å². The van der Waals surface area contributed by atoms with Gasteiger partial charge in [0.1, 0.15) is 6.04 Å². The largest absolute Gasteiger partial charge is 0.354 e. The molecule has 1 aliphatic heterocycles. The van der Waals surface area contributed by atoms with Gasteiger partial charge in [0.15, 0.2) is 9.84 Å². The molecule has 1 aliphatic rings. The third kappa shape index (κ3) is 5.83. The Kier molecular flexibility index (Phi) is 6.81. The molecule has 6 nitrogen and oxygen atoms in total.